The molecule has 0 amide bonds. The van der Waals surface area contributed by atoms with Crippen molar-refractivity contribution in [2.24, 2.45) is 0 Å². The fourth-order valence-corrected chi connectivity index (χ4v) is 9.26. The van der Waals surface area contributed by atoms with Crippen molar-refractivity contribution in [1.82, 2.24) is 0 Å². The highest BCUT2D eigenvalue weighted by Gasteiger charge is 2.49. The third-order valence-electron chi connectivity index (χ3n) is 12.6. The predicted octanol–water partition coefficient (Wildman–Crippen LogP) is 11.8. The second-order valence-corrected chi connectivity index (χ2v) is 15.8. The molecule has 0 N–H and O–H groups in total. The summed E-state index contributed by atoms with van der Waals surface area (Å²) in [6.45, 7) is 19.6. The van der Waals surface area contributed by atoms with Crippen molar-refractivity contribution in [3.8, 4) is 33.4 Å². The zero-order valence-electron chi connectivity index (χ0n) is 27.2. The molecule has 0 heterocycles. The molecule has 9 rings (SSSR count). The Hall–Kier alpha value is -4.16. The van der Waals surface area contributed by atoms with E-state index in [1.165, 1.54) is 88.3 Å². The highest BCUT2D eigenvalue weighted by Crippen LogP contribution is 2.61. The minimum atomic E-state index is -0.0637. The average Bonchev–Trinajstić information content (AvgIpc) is 3.38. The number of rotatable bonds is 0. The quantitative estimate of drug-likeness (QED) is 0.171. The van der Waals surface area contributed by atoms with Crippen molar-refractivity contribution in [2.45, 2.75) is 77.0 Å². The third kappa shape index (κ3) is 2.91. The van der Waals surface area contributed by atoms with Crippen molar-refractivity contribution in [1.29, 1.82) is 0 Å². The van der Waals surface area contributed by atoms with Crippen LogP contribution in [0.15, 0.2) is 97.1 Å². The molecule has 3 aliphatic carbocycles. The summed E-state index contributed by atoms with van der Waals surface area (Å²) < 4.78 is 0. The minimum absolute atomic E-state index is 0.0633. The first kappa shape index (κ1) is 26.3. The normalized spacial score (nSPS) is 18.7. The molecule has 0 bridgehead atoms. The highest BCUT2D eigenvalue weighted by molar-refractivity contribution is 6.05. The van der Waals surface area contributed by atoms with Gasteiger partial charge in [-0.05, 0) is 123 Å². The van der Waals surface area contributed by atoms with E-state index in [-0.39, 0.29) is 21.7 Å². The van der Waals surface area contributed by atoms with Crippen molar-refractivity contribution < 1.29 is 0 Å². The van der Waals surface area contributed by atoms with E-state index in [0.717, 1.165) is 0 Å². The van der Waals surface area contributed by atoms with Crippen LogP contribution in [0.2, 0.25) is 0 Å². The Morgan fingerprint density at radius 1 is 0.341 bits per heavy atom. The molecule has 0 heteroatoms. The van der Waals surface area contributed by atoms with E-state index in [1.807, 2.05) is 0 Å². The SMILES string of the molecule is CC1(C)c2cc3c(cc2-c2c1ccc1ccccc21)C(C)(C)C(C)(C)c1cc2c(cc1-3)C(C)(C)c1ccc3ccccc3c1-2. The molecule has 0 radical (unpaired) electrons. The van der Waals surface area contributed by atoms with Crippen LogP contribution in [0.25, 0.3) is 54.9 Å². The standard InChI is InChI=1S/C44H40/c1-41(2)33-19-17-25-13-9-11-15-27(25)39(33)31-23-37-29(21-35(31)41)30-22-36-32(24-38(30)44(7,8)43(37,5)6)40-28-16-12-10-14-26(28)18-20-34(40)42(36,3)4/h9-24H,1-8H3. The highest BCUT2D eigenvalue weighted by atomic mass is 14.5. The third-order valence-corrected chi connectivity index (χ3v) is 12.6. The maximum Gasteiger partial charge on any atom is 0.0159 e. The predicted molar refractivity (Wildman–Crippen MR) is 188 cm³/mol. The van der Waals surface area contributed by atoms with Crippen LogP contribution < -0.4 is 0 Å². The molecule has 0 saturated heterocycles. The summed E-state index contributed by atoms with van der Waals surface area (Å²) in [5.41, 5.74) is 17.1. The van der Waals surface area contributed by atoms with Gasteiger partial charge in [-0.15, -0.1) is 0 Å². The summed E-state index contributed by atoms with van der Waals surface area (Å²) in [5.74, 6) is 0. The van der Waals surface area contributed by atoms with E-state index < -0.39 is 0 Å². The summed E-state index contributed by atoms with van der Waals surface area (Å²) in [6, 6.07) is 37.6. The van der Waals surface area contributed by atoms with E-state index in [9.17, 15) is 0 Å². The lowest BCUT2D eigenvalue weighted by Gasteiger charge is -2.49. The molecule has 3 aliphatic rings. The van der Waals surface area contributed by atoms with Gasteiger partial charge in [0.1, 0.15) is 0 Å². The van der Waals surface area contributed by atoms with Gasteiger partial charge >= 0.3 is 0 Å². The second-order valence-electron chi connectivity index (χ2n) is 15.8. The molecular formula is C44H40. The van der Waals surface area contributed by atoms with Gasteiger partial charge in [0.25, 0.3) is 0 Å². The smallest absolute Gasteiger partial charge is 0.0159 e. The first-order chi connectivity index (χ1) is 20.8. The van der Waals surface area contributed by atoms with Crippen LogP contribution in [-0.2, 0) is 21.7 Å². The van der Waals surface area contributed by atoms with Gasteiger partial charge in [-0.2, -0.15) is 0 Å². The zero-order chi connectivity index (χ0) is 30.6. The molecule has 0 nitrogen and oxygen atoms in total. The Balaban J connectivity index is 1.37. The molecule has 0 spiro atoms. The van der Waals surface area contributed by atoms with Gasteiger partial charge in [0, 0.05) is 10.8 Å². The first-order valence-electron chi connectivity index (χ1n) is 16.3. The van der Waals surface area contributed by atoms with Gasteiger partial charge in [0.2, 0.25) is 0 Å². The summed E-state index contributed by atoms with van der Waals surface area (Å²) in [6.07, 6.45) is 0. The number of hydrogen-bond acceptors (Lipinski definition) is 0. The van der Waals surface area contributed by atoms with Crippen LogP contribution in [0.5, 0.6) is 0 Å². The van der Waals surface area contributed by atoms with E-state index in [0.29, 0.717) is 0 Å². The monoisotopic (exact) mass is 568 g/mol. The molecule has 6 aromatic rings. The molecule has 0 saturated carbocycles. The molecule has 6 aromatic carbocycles. The lowest BCUT2D eigenvalue weighted by molar-refractivity contribution is 0.299. The van der Waals surface area contributed by atoms with Crippen LogP contribution in [0.3, 0.4) is 0 Å². The minimum Gasteiger partial charge on any atom is -0.0616 e. The second kappa shape index (κ2) is 7.91. The average molecular weight is 569 g/mol. The van der Waals surface area contributed by atoms with Gasteiger partial charge in [-0.3, -0.25) is 0 Å². The van der Waals surface area contributed by atoms with E-state index >= 15 is 0 Å². The van der Waals surface area contributed by atoms with Crippen LogP contribution in [0, 0.1) is 0 Å². The van der Waals surface area contributed by atoms with Crippen molar-refractivity contribution in [3.05, 3.63) is 130 Å². The van der Waals surface area contributed by atoms with Crippen molar-refractivity contribution in [2.75, 3.05) is 0 Å². The fourth-order valence-electron chi connectivity index (χ4n) is 9.26. The molecular weight excluding hydrogens is 528 g/mol. The molecule has 216 valence electrons. The lowest BCUT2D eigenvalue weighted by Crippen LogP contribution is -2.43. The van der Waals surface area contributed by atoms with Gasteiger partial charge in [-0.25, -0.2) is 0 Å². The fraction of sp³-hybridized carbons (Fsp3) is 0.273. The molecule has 0 aliphatic heterocycles. The maximum atomic E-state index is 2.59. The number of hydrogen-bond donors (Lipinski definition) is 0. The van der Waals surface area contributed by atoms with Crippen LogP contribution in [-0.4, -0.2) is 0 Å². The number of benzene rings is 6. The van der Waals surface area contributed by atoms with Crippen molar-refractivity contribution >= 4 is 21.5 Å². The Bertz CT molecular complexity index is 2100. The molecule has 44 heavy (non-hydrogen) atoms. The molecule has 0 unspecified atom stereocenters. The first-order valence-corrected chi connectivity index (χ1v) is 16.3. The Morgan fingerprint density at radius 3 is 1.11 bits per heavy atom. The molecule has 0 atom stereocenters. The zero-order valence-corrected chi connectivity index (χ0v) is 27.2. The van der Waals surface area contributed by atoms with Crippen LogP contribution in [0.1, 0.15) is 88.8 Å². The molecule has 0 fully saturated rings. The van der Waals surface area contributed by atoms with Gasteiger partial charge in [-0.1, -0.05) is 128 Å². The summed E-state index contributed by atoms with van der Waals surface area (Å²) >= 11 is 0. The Kier molecular flexibility index (Phi) is 4.72. The summed E-state index contributed by atoms with van der Waals surface area (Å²) in [5, 5.41) is 5.38. The van der Waals surface area contributed by atoms with Crippen LogP contribution >= 0.6 is 0 Å². The Morgan fingerprint density at radius 2 is 0.705 bits per heavy atom. The van der Waals surface area contributed by atoms with Gasteiger partial charge in [0.05, 0.1) is 0 Å². The van der Waals surface area contributed by atoms with E-state index in [2.05, 4.69) is 152 Å². The van der Waals surface area contributed by atoms with Crippen molar-refractivity contribution in [3.63, 3.8) is 0 Å². The van der Waals surface area contributed by atoms with Gasteiger partial charge < -0.3 is 0 Å². The van der Waals surface area contributed by atoms with E-state index in [1.54, 1.807) is 0 Å². The van der Waals surface area contributed by atoms with Crippen LogP contribution in [0.4, 0.5) is 0 Å². The number of fused-ring (bicyclic) bond motifs is 13. The maximum absolute atomic E-state index is 2.59. The largest absolute Gasteiger partial charge is 0.0616 e. The van der Waals surface area contributed by atoms with E-state index in [4.69, 9.17) is 0 Å². The van der Waals surface area contributed by atoms with Gasteiger partial charge in [0.15, 0.2) is 0 Å². The Labute approximate surface area is 261 Å². The lowest BCUT2D eigenvalue weighted by atomic mass is 9.54. The summed E-state index contributed by atoms with van der Waals surface area (Å²) in [7, 11) is 0. The topological polar surface area (TPSA) is 0 Å². The summed E-state index contributed by atoms with van der Waals surface area (Å²) in [4.78, 5) is 0. The molecule has 0 aromatic heterocycles.